The number of hydrogen-bond donors (Lipinski definition) is 1. The average Bonchev–Trinajstić information content (AvgIpc) is 2.45. The Morgan fingerprint density at radius 3 is 2.85 bits per heavy atom. The molecule has 1 aliphatic rings. The van der Waals surface area contributed by atoms with Crippen LogP contribution in [0.2, 0.25) is 0 Å². The Morgan fingerprint density at radius 2 is 2.25 bits per heavy atom. The van der Waals surface area contributed by atoms with Crippen LogP contribution >= 0.6 is 0 Å². The molecule has 0 bridgehead atoms. The molecule has 108 valence electrons. The monoisotopic (exact) mass is 286 g/mol. The van der Waals surface area contributed by atoms with E-state index in [4.69, 9.17) is 14.7 Å². The average molecular weight is 286 g/mol. The lowest BCUT2D eigenvalue weighted by Gasteiger charge is -2.23. The molecule has 1 aliphatic heterocycles. The summed E-state index contributed by atoms with van der Waals surface area (Å²) in [6, 6.07) is 4.83. The molecule has 0 saturated carbocycles. The smallest absolute Gasteiger partial charge is 0.417 e. The highest BCUT2D eigenvalue weighted by molar-refractivity contribution is 5.44. The molecule has 1 aromatic carbocycles. The zero-order valence-corrected chi connectivity index (χ0v) is 10.5. The Bertz CT molecular complexity index is 505. The van der Waals surface area contributed by atoms with Crippen molar-refractivity contribution in [3.63, 3.8) is 0 Å². The molecule has 0 spiro atoms. The maximum Gasteiger partial charge on any atom is 0.417 e. The van der Waals surface area contributed by atoms with Gasteiger partial charge < -0.3 is 14.8 Å². The quantitative estimate of drug-likeness (QED) is 0.922. The summed E-state index contributed by atoms with van der Waals surface area (Å²) in [5.41, 5.74) is -1.40. The zero-order chi connectivity index (χ0) is 14.6. The maximum absolute atomic E-state index is 12.8. The number of morpholine rings is 1. The summed E-state index contributed by atoms with van der Waals surface area (Å²) in [5.74, 6) is 0.0745. The number of benzene rings is 1. The molecule has 1 aromatic rings. The molecule has 20 heavy (non-hydrogen) atoms. The second kappa shape index (κ2) is 6.11. The van der Waals surface area contributed by atoms with E-state index in [0.29, 0.717) is 13.2 Å². The fourth-order valence-corrected chi connectivity index (χ4v) is 1.86. The minimum atomic E-state index is -4.58. The van der Waals surface area contributed by atoms with Gasteiger partial charge in [0.1, 0.15) is 18.5 Å². The van der Waals surface area contributed by atoms with Crippen LogP contribution in [0.4, 0.5) is 13.2 Å². The normalized spacial score (nSPS) is 19.4. The first-order chi connectivity index (χ1) is 9.50. The molecule has 1 saturated heterocycles. The second-order valence-electron chi connectivity index (χ2n) is 4.32. The number of nitrogens with zero attached hydrogens (tertiary/aromatic N) is 1. The maximum atomic E-state index is 12.8. The van der Waals surface area contributed by atoms with Crippen molar-refractivity contribution in [2.45, 2.75) is 12.3 Å². The van der Waals surface area contributed by atoms with Gasteiger partial charge in [0, 0.05) is 13.1 Å². The number of alkyl halides is 3. The lowest BCUT2D eigenvalue weighted by Crippen LogP contribution is -2.41. The molecule has 0 aromatic heterocycles. The third-order valence-corrected chi connectivity index (χ3v) is 2.86. The Hall–Kier alpha value is -1.78. The van der Waals surface area contributed by atoms with E-state index in [0.717, 1.165) is 18.7 Å². The van der Waals surface area contributed by atoms with Gasteiger partial charge in [0.25, 0.3) is 0 Å². The minimum absolute atomic E-state index is 0.0745. The van der Waals surface area contributed by atoms with Crippen molar-refractivity contribution in [1.29, 1.82) is 5.26 Å². The Balaban J connectivity index is 2.07. The van der Waals surface area contributed by atoms with Gasteiger partial charge in [-0.25, -0.2) is 0 Å². The van der Waals surface area contributed by atoms with E-state index in [-0.39, 0.29) is 18.5 Å². The van der Waals surface area contributed by atoms with E-state index in [9.17, 15) is 13.2 Å². The van der Waals surface area contributed by atoms with Crippen LogP contribution in [0.1, 0.15) is 11.1 Å². The Kier molecular flexibility index (Phi) is 4.47. The van der Waals surface area contributed by atoms with Crippen molar-refractivity contribution in [1.82, 2.24) is 5.32 Å². The molecule has 0 amide bonds. The predicted molar refractivity (Wildman–Crippen MR) is 64.3 cm³/mol. The van der Waals surface area contributed by atoms with Crippen molar-refractivity contribution in [3.05, 3.63) is 29.3 Å². The van der Waals surface area contributed by atoms with Gasteiger partial charge in [0.2, 0.25) is 0 Å². The number of ether oxygens (including phenoxy) is 2. The van der Waals surface area contributed by atoms with E-state index >= 15 is 0 Å². The van der Waals surface area contributed by atoms with E-state index in [2.05, 4.69) is 5.32 Å². The zero-order valence-electron chi connectivity index (χ0n) is 10.5. The van der Waals surface area contributed by atoms with Gasteiger partial charge in [-0.05, 0) is 18.2 Å². The number of nitriles is 1. The van der Waals surface area contributed by atoms with Crippen molar-refractivity contribution in [3.8, 4) is 11.8 Å². The number of rotatable bonds is 3. The summed E-state index contributed by atoms with van der Waals surface area (Å²) in [6.07, 6.45) is -4.76. The van der Waals surface area contributed by atoms with Gasteiger partial charge >= 0.3 is 6.18 Å². The lowest BCUT2D eigenvalue weighted by atomic mass is 10.1. The largest absolute Gasteiger partial charge is 0.491 e. The molecule has 0 aliphatic carbocycles. The van der Waals surface area contributed by atoms with Crippen molar-refractivity contribution >= 4 is 0 Å². The van der Waals surface area contributed by atoms with Crippen LogP contribution in [0.3, 0.4) is 0 Å². The molecule has 4 nitrogen and oxygen atoms in total. The lowest BCUT2D eigenvalue weighted by molar-refractivity contribution is -0.137. The SMILES string of the molecule is N#Cc1ccc(OCC2CNCCO2)cc1C(F)(F)F. The van der Waals surface area contributed by atoms with Crippen molar-refractivity contribution < 1.29 is 22.6 Å². The molecular formula is C13H13F3N2O2. The second-order valence-corrected chi connectivity index (χ2v) is 4.32. The van der Waals surface area contributed by atoms with Gasteiger partial charge in [-0.1, -0.05) is 0 Å². The minimum Gasteiger partial charge on any atom is -0.491 e. The molecule has 1 atom stereocenters. The molecular weight excluding hydrogens is 273 g/mol. The third kappa shape index (κ3) is 3.62. The van der Waals surface area contributed by atoms with Crippen LogP contribution in [0.5, 0.6) is 5.75 Å². The van der Waals surface area contributed by atoms with Gasteiger partial charge in [-0.2, -0.15) is 18.4 Å². The number of halogens is 3. The van der Waals surface area contributed by atoms with E-state index in [1.54, 1.807) is 0 Å². The molecule has 1 unspecified atom stereocenters. The number of hydrogen-bond acceptors (Lipinski definition) is 4. The van der Waals surface area contributed by atoms with E-state index in [1.807, 2.05) is 0 Å². The number of nitrogens with one attached hydrogen (secondary N) is 1. The first kappa shape index (κ1) is 14.6. The predicted octanol–water partition coefficient (Wildman–Crippen LogP) is 1.94. The van der Waals surface area contributed by atoms with Crippen LogP contribution in [0.25, 0.3) is 0 Å². The van der Waals surface area contributed by atoms with Gasteiger partial charge in [0.05, 0.1) is 23.8 Å². The summed E-state index contributed by atoms with van der Waals surface area (Å²) in [5, 5.41) is 11.8. The van der Waals surface area contributed by atoms with E-state index in [1.165, 1.54) is 12.1 Å². The first-order valence-electron chi connectivity index (χ1n) is 6.07. The first-order valence-corrected chi connectivity index (χ1v) is 6.07. The van der Waals surface area contributed by atoms with Crippen LogP contribution in [0.15, 0.2) is 18.2 Å². The topological polar surface area (TPSA) is 54.3 Å². The molecule has 2 rings (SSSR count). The Morgan fingerprint density at radius 1 is 1.45 bits per heavy atom. The fourth-order valence-electron chi connectivity index (χ4n) is 1.86. The highest BCUT2D eigenvalue weighted by Gasteiger charge is 2.34. The van der Waals surface area contributed by atoms with Gasteiger partial charge in [-0.15, -0.1) is 0 Å². The highest BCUT2D eigenvalue weighted by Crippen LogP contribution is 2.34. The summed E-state index contributed by atoms with van der Waals surface area (Å²) < 4.78 is 49.0. The molecule has 1 heterocycles. The summed E-state index contributed by atoms with van der Waals surface area (Å²) in [7, 11) is 0. The standard InChI is InChI=1S/C13H13F3N2O2/c14-13(15,16)12-5-10(2-1-9(12)6-17)20-8-11-7-18-3-4-19-11/h1-2,5,11,18H,3-4,7-8H2. The summed E-state index contributed by atoms with van der Waals surface area (Å²) in [6.45, 7) is 2.07. The summed E-state index contributed by atoms with van der Waals surface area (Å²) in [4.78, 5) is 0. The van der Waals surface area contributed by atoms with Gasteiger partial charge in [0.15, 0.2) is 0 Å². The van der Waals surface area contributed by atoms with Crippen molar-refractivity contribution in [2.24, 2.45) is 0 Å². The molecule has 7 heteroatoms. The molecule has 0 radical (unpaired) electrons. The van der Waals surface area contributed by atoms with Crippen LogP contribution < -0.4 is 10.1 Å². The Labute approximate surface area is 114 Å². The van der Waals surface area contributed by atoms with E-state index < -0.39 is 17.3 Å². The van der Waals surface area contributed by atoms with Crippen molar-refractivity contribution in [2.75, 3.05) is 26.3 Å². The fraction of sp³-hybridized carbons (Fsp3) is 0.462. The van der Waals surface area contributed by atoms with Crippen LogP contribution in [-0.2, 0) is 10.9 Å². The molecule has 1 fully saturated rings. The summed E-state index contributed by atoms with van der Waals surface area (Å²) >= 11 is 0. The van der Waals surface area contributed by atoms with Crippen LogP contribution in [-0.4, -0.2) is 32.4 Å². The van der Waals surface area contributed by atoms with Crippen LogP contribution in [0, 0.1) is 11.3 Å². The molecule has 1 N–H and O–H groups in total. The van der Waals surface area contributed by atoms with Gasteiger partial charge in [-0.3, -0.25) is 0 Å². The highest BCUT2D eigenvalue weighted by atomic mass is 19.4. The third-order valence-electron chi connectivity index (χ3n) is 2.86.